The fourth-order valence-electron chi connectivity index (χ4n) is 3.13. The number of thioether (sulfide) groups is 1. The van der Waals surface area contributed by atoms with E-state index in [1.54, 1.807) is 24.5 Å². The minimum Gasteiger partial charge on any atom is -0.469 e. The van der Waals surface area contributed by atoms with Gasteiger partial charge in [0, 0.05) is 5.69 Å². The number of benzene rings is 2. The summed E-state index contributed by atoms with van der Waals surface area (Å²) in [5.41, 5.74) is 2.83. The van der Waals surface area contributed by atoms with Gasteiger partial charge in [-0.25, -0.2) is 0 Å². The number of aryl methyl sites for hydroxylation is 1. The number of furan rings is 1. The summed E-state index contributed by atoms with van der Waals surface area (Å²) in [5, 5.41) is 21.4. The van der Waals surface area contributed by atoms with Crippen LogP contribution in [0.15, 0.2) is 70.4 Å². The second kappa shape index (κ2) is 9.73. The lowest BCUT2D eigenvalue weighted by Crippen LogP contribution is -2.15. The van der Waals surface area contributed by atoms with Crippen molar-refractivity contribution in [2.75, 3.05) is 11.1 Å². The number of nitrogens with one attached hydrogen (secondary N) is 1. The van der Waals surface area contributed by atoms with Gasteiger partial charge in [0.1, 0.15) is 11.8 Å². The molecule has 0 saturated heterocycles. The van der Waals surface area contributed by atoms with Crippen molar-refractivity contribution >= 4 is 35.0 Å². The Morgan fingerprint density at radius 2 is 2.03 bits per heavy atom. The van der Waals surface area contributed by atoms with E-state index < -0.39 is 0 Å². The van der Waals surface area contributed by atoms with E-state index >= 15 is 0 Å². The number of hydrogen-bond acceptors (Lipinski definition) is 6. The van der Waals surface area contributed by atoms with E-state index in [9.17, 15) is 4.79 Å². The van der Waals surface area contributed by atoms with Crippen molar-refractivity contribution in [3.63, 3.8) is 0 Å². The second-order valence-electron chi connectivity index (χ2n) is 6.91. The van der Waals surface area contributed by atoms with E-state index in [2.05, 4.69) is 15.5 Å². The van der Waals surface area contributed by atoms with Gasteiger partial charge in [-0.2, -0.15) is 5.26 Å². The SMILES string of the molecule is Cc1occc1-c1nnc(SCC(=O)Nc2ccc(C#N)c(Cl)c2)n1Cc1ccccc1. The predicted molar refractivity (Wildman–Crippen MR) is 124 cm³/mol. The molecule has 0 aliphatic heterocycles. The average molecular weight is 464 g/mol. The molecule has 160 valence electrons. The Labute approximate surface area is 194 Å². The number of halogens is 1. The third-order valence-electron chi connectivity index (χ3n) is 4.71. The Kier molecular flexibility index (Phi) is 6.59. The molecular weight excluding hydrogens is 446 g/mol. The molecule has 0 spiro atoms. The fraction of sp³-hybridized carbons (Fsp3) is 0.130. The van der Waals surface area contributed by atoms with Gasteiger partial charge >= 0.3 is 0 Å². The van der Waals surface area contributed by atoms with Crippen LogP contribution in [0.3, 0.4) is 0 Å². The van der Waals surface area contributed by atoms with Gasteiger partial charge in [-0.15, -0.1) is 10.2 Å². The summed E-state index contributed by atoms with van der Waals surface area (Å²) in [6.07, 6.45) is 1.62. The second-order valence-corrected chi connectivity index (χ2v) is 8.26. The zero-order chi connectivity index (χ0) is 22.5. The maximum Gasteiger partial charge on any atom is 0.234 e. The number of anilines is 1. The number of carbonyl (C=O) groups excluding carboxylic acids is 1. The highest BCUT2D eigenvalue weighted by atomic mass is 35.5. The van der Waals surface area contributed by atoms with Crippen LogP contribution in [0, 0.1) is 18.3 Å². The Bertz CT molecular complexity index is 1290. The van der Waals surface area contributed by atoms with E-state index in [0.717, 1.165) is 16.9 Å². The van der Waals surface area contributed by atoms with Crippen molar-refractivity contribution < 1.29 is 9.21 Å². The minimum atomic E-state index is -0.217. The van der Waals surface area contributed by atoms with Crippen LogP contribution in [0.1, 0.15) is 16.9 Å². The topological polar surface area (TPSA) is 96.7 Å². The molecule has 0 saturated carbocycles. The molecule has 2 aromatic carbocycles. The lowest BCUT2D eigenvalue weighted by molar-refractivity contribution is -0.113. The molecule has 0 aliphatic rings. The predicted octanol–water partition coefficient (Wildman–Crippen LogP) is 5.15. The van der Waals surface area contributed by atoms with Crippen LogP contribution in [0.25, 0.3) is 11.4 Å². The molecule has 2 aromatic heterocycles. The number of hydrogen-bond donors (Lipinski definition) is 1. The lowest BCUT2D eigenvalue weighted by Gasteiger charge is -2.10. The van der Waals surface area contributed by atoms with Gasteiger partial charge in [0.25, 0.3) is 0 Å². The number of amides is 1. The molecule has 0 bridgehead atoms. The molecule has 32 heavy (non-hydrogen) atoms. The summed E-state index contributed by atoms with van der Waals surface area (Å²) in [6.45, 7) is 2.43. The zero-order valence-electron chi connectivity index (χ0n) is 17.1. The van der Waals surface area contributed by atoms with Crippen LogP contribution in [-0.4, -0.2) is 26.4 Å². The van der Waals surface area contributed by atoms with Gasteiger partial charge in [0.15, 0.2) is 11.0 Å². The van der Waals surface area contributed by atoms with E-state index in [1.165, 1.54) is 11.8 Å². The van der Waals surface area contributed by atoms with Crippen molar-refractivity contribution in [1.29, 1.82) is 5.26 Å². The summed E-state index contributed by atoms with van der Waals surface area (Å²) in [6, 6.07) is 18.6. The van der Waals surface area contributed by atoms with E-state index in [0.29, 0.717) is 33.8 Å². The molecular formula is C23H18ClN5O2S. The van der Waals surface area contributed by atoms with Gasteiger partial charge in [0.05, 0.1) is 34.7 Å². The number of nitriles is 1. The van der Waals surface area contributed by atoms with Crippen LogP contribution in [0.5, 0.6) is 0 Å². The molecule has 2 heterocycles. The first-order valence-corrected chi connectivity index (χ1v) is 11.1. The van der Waals surface area contributed by atoms with Gasteiger partial charge in [0.2, 0.25) is 5.91 Å². The van der Waals surface area contributed by atoms with Crippen molar-refractivity contribution in [3.05, 3.63) is 82.8 Å². The average Bonchev–Trinajstić information content (AvgIpc) is 3.38. The molecule has 1 amide bonds. The van der Waals surface area contributed by atoms with E-state index in [1.807, 2.05) is 54.0 Å². The fourth-order valence-corrected chi connectivity index (χ4v) is 4.09. The van der Waals surface area contributed by atoms with Gasteiger partial charge in [-0.3, -0.25) is 9.36 Å². The van der Waals surface area contributed by atoms with E-state index in [-0.39, 0.29) is 11.7 Å². The van der Waals surface area contributed by atoms with Crippen LogP contribution in [0.4, 0.5) is 5.69 Å². The normalized spacial score (nSPS) is 10.7. The smallest absolute Gasteiger partial charge is 0.234 e. The summed E-state index contributed by atoms with van der Waals surface area (Å²) in [7, 11) is 0. The quantitative estimate of drug-likeness (QED) is 0.380. The minimum absolute atomic E-state index is 0.134. The summed E-state index contributed by atoms with van der Waals surface area (Å²) in [4.78, 5) is 12.5. The summed E-state index contributed by atoms with van der Waals surface area (Å²) < 4.78 is 7.42. The molecule has 0 aliphatic carbocycles. The first kappa shape index (κ1) is 21.7. The largest absolute Gasteiger partial charge is 0.469 e. The molecule has 4 rings (SSSR count). The molecule has 4 aromatic rings. The van der Waals surface area contributed by atoms with Crippen molar-refractivity contribution in [3.8, 4) is 17.5 Å². The van der Waals surface area contributed by atoms with Crippen molar-refractivity contribution in [1.82, 2.24) is 14.8 Å². The number of rotatable bonds is 7. The molecule has 9 heteroatoms. The number of nitrogens with zero attached hydrogens (tertiary/aromatic N) is 4. The first-order chi connectivity index (χ1) is 15.5. The number of carbonyl (C=O) groups is 1. The molecule has 1 N–H and O–H groups in total. The van der Waals surface area contributed by atoms with E-state index in [4.69, 9.17) is 21.3 Å². The highest BCUT2D eigenvalue weighted by Gasteiger charge is 2.19. The molecule has 0 fully saturated rings. The highest BCUT2D eigenvalue weighted by Crippen LogP contribution is 2.28. The molecule has 0 radical (unpaired) electrons. The maximum absolute atomic E-state index is 12.5. The molecule has 0 unspecified atom stereocenters. The third-order valence-corrected chi connectivity index (χ3v) is 5.99. The standard InChI is InChI=1S/C23H18ClN5O2S/c1-15-19(9-10-31-15)22-27-28-23(29(22)13-16-5-3-2-4-6-16)32-14-21(30)26-18-8-7-17(12-25)20(24)11-18/h2-11H,13-14H2,1H3,(H,26,30). The summed E-state index contributed by atoms with van der Waals surface area (Å²) in [5.74, 6) is 1.35. The highest BCUT2D eigenvalue weighted by molar-refractivity contribution is 7.99. The van der Waals surface area contributed by atoms with Crippen LogP contribution < -0.4 is 5.32 Å². The maximum atomic E-state index is 12.5. The lowest BCUT2D eigenvalue weighted by atomic mass is 10.2. The van der Waals surface area contributed by atoms with Gasteiger partial charge < -0.3 is 9.73 Å². The molecule has 0 atom stereocenters. The van der Waals surface area contributed by atoms with Gasteiger partial charge in [-0.05, 0) is 36.8 Å². The zero-order valence-corrected chi connectivity index (χ0v) is 18.7. The monoisotopic (exact) mass is 463 g/mol. The third kappa shape index (κ3) is 4.85. The summed E-state index contributed by atoms with van der Waals surface area (Å²) >= 11 is 7.33. The van der Waals surface area contributed by atoms with Crippen molar-refractivity contribution in [2.45, 2.75) is 18.6 Å². The Morgan fingerprint density at radius 3 is 2.72 bits per heavy atom. The van der Waals surface area contributed by atoms with Crippen LogP contribution in [0.2, 0.25) is 5.02 Å². The Morgan fingerprint density at radius 1 is 1.22 bits per heavy atom. The van der Waals surface area contributed by atoms with Crippen LogP contribution >= 0.6 is 23.4 Å². The Balaban J connectivity index is 1.52. The van der Waals surface area contributed by atoms with Crippen molar-refractivity contribution in [2.24, 2.45) is 0 Å². The molecule has 7 nitrogen and oxygen atoms in total. The van der Waals surface area contributed by atoms with Gasteiger partial charge in [-0.1, -0.05) is 53.7 Å². The Hall–Kier alpha value is -3.54. The number of aromatic nitrogens is 3. The first-order valence-electron chi connectivity index (χ1n) is 9.69. The van der Waals surface area contributed by atoms with Crippen LogP contribution in [-0.2, 0) is 11.3 Å².